The van der Waals surface area contributed by atoms with Gasteiger partial charge in [-0.3, -0.25) is 0 Å². The molecule has 0 amide bonds. The molecular weight excluding hydrogens is 294 g/mol. The molecule has 0 N–H and O–H groups in total. The van der Waals surface area contributed by atoms with Crippen LogP contribution in [0.15, 0.2) is 85.2 Å². The molecule has 0 saturated carbocycles. The third-order valence-electron chi connectivity index (χ3n) is 4.16. The third-order valence-corrected chi connectivity index (χ3v) is 4.16. The zero-order chi connectivity index (χ0) is 16.4. The normalized spacial score (nSPS) is 13.5. The topological polar surface area (TPSA) is 19.4 Å². The summed E-state index contributed by atoms with van der Waals surface area (Å²) in [5.74, 6) is 0.968. The van der Waals surface area contributed by atoms with Crippen LogP contribution in [0.4, 0.5) is 5.82 Å². The number of benzene rings is 2. The molecule has 2 aromatic carbocycles. The van der Waals surface area contributed by atoms with Gasteiger partial charge in [-0.15, -0.1) is 0 Å². The van der Waals surface area contributed by atoms with Crippen LogP contribution in [0, 0.1) is 0 Å². The number of rotatable bonds is 3. The molecule has 0 bridgehead atoms. The van der Waals surface area contributed by atoms with Crippen molar-refractivity contribution in [3.63, 3.8) is 0 Å². The molecule has 1 aliphatic rings. The van der Waals surface area contributed by atoms with Crippen LogP contribution in [0.25, 0.3) is 22.4 Å². The van der Waals surface area contributed by atoms with Crippen molar-refractivity contribution in [2.75, 3.05) is 18.6 Å². The lowest BCUT2D eigenvalue weighted by Gasteiger charge is -2.19. The van der Waals surface area contributed by atoms with Crippen molar-refractivity contribution in [1.82, 2.24) is 9.88 Å². The molecule has 24 heavy (non-hydrogen) atoms. The molecule has 0 radical (unpaired) electrons. The van der Waals surface area contributed by atoms with Gasteiger partial charge in [0, 0.05) is 25.0 Å². The molecular formula is C21H19N3. The molecule has 3 nitrogen and oxygen atoms in total. The van der Waals surface area contributed by atoms with Crippen LogP contribution in [0.3, 0.4) is 0 Å². The Morgan fingerprint density at radius 3 is 2.04 bits per heavy atom. The molecule has 4 rings (SSSR count). The molecule has 0 aliphatic carbocycles. The molecule has 3 heteroatoms. The highest BCUT2D eigenvalue weighted by atomic mass is 15.3. The van der Waals surface area contributed by atoms with E-state index in [-0.39, 0.29) is 0 Å². The van der Waals surface area contributed by atoms with Gasteiger partial charge in [0.2, 0.25) is 0 Å². The summed E-state index contributed by atoms with van der Waals surface area (Å²) < 4.78 is 0. The number of nitrogens with zero attached hydrogens (tertiary/aromatic N) is 3. The van der Waals surface area contributed by atoms with E-state index in [4.69, 9.17) is 4.98 Å². The minimum absolute atomic E-state index is 0.819. The van der Waals surface area contributed by atoms with Crippen LogP contribution in [0.5, 0.6) is 0 Å². The first-order valence-corrected chi connectivity index (χ1v) is 8.08. The van der Waals surface area contributed by atoms with Gasteiger partial charge >= 0.3 is 0 Å². The highest BCUT2D eigenvalue weighted by Crippen LogP contribution is 2.30. The Kier molecular flexibility index (Phi) is 3.75. The summed E-state index contributed by atoms with van der Waals surface area (Å²) in [5, 5.41) is 0. The molecule has 0 unspecified atom stereocenters. The second kappa shape index (κ2) is 6.20. The Hall–Kier alpha value is -3.07. The molecule has 1 aliphatic heterocycles. The van der Waals surface area contributed by atoms with E-state index in [0.717, 1.165) is 23.7 Å². The largest absolute Gasteiger partial charge is 0.361 e. The lowest BCUT2D eigenvalue weighted by Crippen LogP contribution is -2.22. The van der Waals surface area contributed by atoms with Gasteiger partial charge in [-0.2, -0.15) is 0 Å². The van der Waals surface area contributed by atoms with Gasteiger partial charge in [0.1, 0.15) is 5.82 Å². The Balaban J connectivity index is 1.84. The predicted molar refractivity (Wildman–Crippen MR) is 99.4 cm³/mol. The van der Waals surface area contributed by atoms with Crippen LogP contribution in [-0.4, -0.2) is 23.6 Å². The monoisotopic (exact) mass is 313 g/mol. The fourth-order valence-electron chi connectivity index (χ4n) is 2.89. The average Bonchev–Trinajstić information content (AvgIpc) is 3.09. The molecule has 2 heterocycles. The molecule has 0 saturated heterocycles. The van der Waals surface area contributed by atoms with E-state index in [9.17, 15) is 0 Å². The highest BCUT2D eigenvalue weighted by molar-refractivity contribution is 5.74. The quantitative estimate of drug-likeness (QED) is 0.704. The summed E-state index contributed by atoms with van der Waals surface area (Å²) in [6.45, 7) is 0.819. The standard InChI is InChI=1S/C21H19N3/c1-23-12-13-24(16-23)21-15-19(17-8-4-2-5-9-17)14-20(22-21)18-10-6-3-7-11-18/h2-15H,16H2,1H3. The smallest absolute Gasteiger partial charge is 0.135 e. The zero-order valence-electron chi connectivity index (χ0n) is 13.6. The minimum atomic E-state index is 0.819. The SMILES string of the molecule is CN1C=CN(c2cc(-c3ccccc3)cc(-c3ccccc3)n2)C1. The summed E-state index contributed by atoms with van der Waals surface area (Å²) in [4.78, 5) is 9.20. The van der Waals surface area contributed by atoms with Crippen molar-refractivity contribution >= 4 is 5.82 Å². The predicted octanol–water partition coefficient (Wildman–Crippen LogP) is 4.60. The first-order valence-electron chi connectivity index (χ1n) is 8.08. The number of aromatic nitrogens is 1. The molecule has 0 atom stereocenters. The van der Waals surface area contributed by atoms with Crippen molar-refractivity contribution in [2.45, 2.75) is 0 Å². The van der Waals surface area contributed by atoms with E-state index in [1.54, 1.807) is 0 Å². The van der Waals surface area contributed by atoms with E-state index in [1.807, 2.05) is 12.1 Å². The van der Waals surface area contributed by atoms with Gasteiger partial charge < -0.3 is 9.80 Å². The van der Waals surface area contributed by atoms with Gasteiger partial charge in [-0.25, -0.2) is 4.98 Å². The van der Waals surface area contributed by atoms with E-state index in [0.29, 0.717) is 0 Å². The maximum Gasteiger partial charge on any atom is 0.135 e. The van der Waals surface area contributed by atoms with Crippen LogP contribution >= 0.6 is 0 Å². The van der Waals surface area contributed by atoms with Gasteiger partial charge in [-0.05, 0) is 23.3 Å². The molecule has 0 fully saturated rings. The van der Waals surface area contributed by atoms with E-state index >= 15 is 0 Å². The number of pyridine rings is 1. The number of hydrogen-bond acceptors (Lipinski definition) is 3. The van der Waals surface area contributed by atoms with Crippen molar-refractivity contribution in [3.05, 3.63) is 85.2 Å². The summed E-state index contributed by atoms with van der Waals surface area (Å²) in [6.07, 6.45) is 4.14. The van der Waals surface area contributed by atoms with Crippen LogP contribution < -0.4 is 4.90 Å². The van der Waals surface area contributed by atoms with Crippen molar-refractivity contribution in [2.24, 2.45) is 0 Å². The summed E-state index contributed by atoms with van der Waals surface area (Å²) >= 11 is 0. The van der Waals surface area contributed by atoms with E-state index in [2.05, 4.69) is 89.9 Å². The average molecular weight is 313 g/mol. The lowest BCUT2D eigenvalue weighted by atomic mass is 10.0. The summed E-state index contributed by atoms with van der Waals surface area (Å²) in [7, 11) is 2.07. The van der Waals surface area contributed by atoms with Crippen LogP contribution in [0.2, 0.25) is 0 Å². The van der Waals surface area contributed by atoms with E-state index in [1.165, 1.54) is 11.1 Å². The Morgan fingerprint density at radius 2 is 1.42 bits per heavy atom. The minimum Gasteiger partial charge on any atom is -0.361 e. The highest BCUT2D eigenvalue weighted by Gasteiger charge is 2.15. The van der Waals surface area contributed by atoms with Gasteiger partial charge in [0.15, 0.2) is 0 Å². The number of anilines is 1. The molecule has 118 valence electrons. The molecule has 1 aromatic heterocycles. The number of hydrogen-bond donors (Lipinski definition) is 0. The second-order valence-corrected chi connectivity index (χ2v) is 6.00. The summed E-state index contributed by atoms with van der Waals surface area (Å²) in [5.41, 5.74) is 4.51. The first kappa shape index (κ1) is 14.5. The van der Waals surface area contributed by atoms with Crippen molar-refractivity contribution in [1.29, 1.82) is 0 Å². The lowest BCUT2D eigenvalue weighted by molar-refractivity contribution is 0.494. The summed E-state index contributed by atoms with van der Waals surface area (Å²) in [6, 6.07) is 25.1. The van der Waals surface area contributed by atoms with Gasteiger partial charge in [-0.1, -0.05) is 60.7 Å². The van der Waals surface area contributed by atoms with Crippen molar-refractivity contribution < 1.29 is 0 Å². The van der Waals surface area contributed by atoms with Crippen LogP contribution in [-0.2, 0) is 0 Å². The maximum atomic E-state index is 4.89. The van der Waals surface area contributed by atoms with Gasteiger partial charge in [0.05, 0.1) is 12.4 Å². The van der Waals surface area contributed by atoms with Crippen LogP contribution in [0.1, 0.15) is 0 Å². The first-order chi connectivity index (χ1) is 11.8. The Labute approximate surface area is 142 Å². The zero-order valence-corrected chi connectivity index (χ0v) is 13.6. The second-order valence-electron chi connectivity index (χ2n) is 6.00. The Morgan fingerprint density at radius 1 is 0.750 bits per heavy atom. The molecule has 0 spiro atoms. The fourth-order valence-corrected chi connectivity index (χ4v) is 2.89. The van der Waals surface area contributed by atoms with E-state index < -0.39 is 0 Å². The maximum absolute atomic E-state index is 4.89. The van der Waals surface area contributed by atoms with Crippen molar-refractivity contribution in [3.8, 4) is 22.4 Å². The van der Waals surface area contributed by atoms with Gasteiger partial charge in [0.25, 0.3) is 0 Å². The molecule has 3 aromatic rings. The Bertz CT molecular complexity index is 799. The third kappa shape index (κ3) is 2.88. The fraction of sp³-hybridized carbons (Fsp3) is 0.0952.